The van der Waals surface area contributed by atoms with E-state index in [1.807, 2.05) is 0 Å². The van der Waals surface area contributed by atoms with Crippen molar-refractivity contribution >= 4 is 43.6 Å². The van der Waals surface area contributed by atoms with Crippen molar-refractivity contribution in [3.05, 3.63) is 192 Å². The molecule has 0 spiro atoms. The van der Waals surface area contributed by atoms with Crippen LogP contribution in [0.1, 0.15) is 22.3 Å². The van der Waals surface area contributed by atoms with Crippen molar-refractivity contribution in [2.75, 3.05) is 0 Å². The fraction of sp³-hybridized carbons (Fsp3) is 0.0870. The third-order valence-electron chi connectivity index (χ3n) is 9.98. The van der Waals surface area contributed by atoms with Crippen LogP contribution in [0.2, 0.25) is 0 Å². The lowest BCUT2D eigenvalue weighted by Crippen LogP contribution is -1.97. The number of rotatable bonds is 8. The lowest BCUT2D eigenvalue weighted by atomic mass is 10.00. The second-order valence-corrected chi connectivity index (χ2v) is 12.9. The molecule has 0 atom stereocenters. The zero-order valence-electron chi connectivity index (χ0n) is 26.9. The lowest BCUT2D eigenvalue weighted by Gasteiger charge is -2.10. The highest BCUT2D eigenvalue weighted by Crippen LogP contribution is 2.33. The first-order valence-electron chi connectivity index (χ1n) is 17.0. The molecule has 0 radical (unpaired) electrons. The van der Waals surface area contributed by atoms with Crippen molar-refractivity contribution < 1.29 is 0 Å². The zero-order valence-corrected chi connectivity index (χ0v) is 26.9. The SMILES string of the molecule is c1ccc2c(c1)c1ccccc1n2-c1ccc(CCc2ccc(CCc3ccc(-n4c5ccccc5c5ccccc54)cc3)cc2)cc1. The van der Waals surface area contributed by atoms with E-state index in [2.05, 4.69) is 179 Å². The Morgan fingerprint density at radius 2 is 0.479 bits per heavy atom. The Balaban J connectivity index is 0.844. The molecule has 0 bridgehead atoms. The van der Waals surface area contributed by atoms with E-state index in [4.69, 9.17) is 0 Å². The van der Waals surface area contributed by atoms with Gasteiger partial charge in [-0.15, -0.1) is 0 Å². The van der Waals surface area contributed by atoms with Crippen molar-refractivity contribution in [2.24, 2.45) is 0 Å². The molecule has 9 rings (SSSR count). The Bertz CT molecular complexity index is 2240. The first-order chi connectivity index (χ1) is 23.8. The number of hydrogen-bond donors (Lipinski definition) is 0. The maximum absolute atomic E-state index is 2.38. The number of nitrogens with zero attached hydrogens (tertiary/aromatic N) is 2. The summed E-state index contributed by atoms with van der Waals surface area (Å²) in [5, 5.41) is 5.20. The molecule has 0 unspecified atom stereocenters. The third kappa shape index (κ3) is 5.07. The molecule has 0 saturated carbocycles. The average Bonchev–Trinajstić information content (AvgIpc) is 3.67. The van der Waals surface area contributed by atoms with Gasteiger partial charge in [-0.3, -0.25) is 0 Å². The van der Waals surface area contributed by atoms with Crippen molar-refractivity contribution in [1.29, 1.82) is 0 Å². The second kappa shape index (κ2) is 12.1. The molecule has 2 heteroatoms. The van der Waals surface area contributed by atoms with E-state index < -0.39 is 0 Å². The maximum atomic E-state index is 2.38. The van der Waals surface area contributed by atoms with Crippen LogP contribution in [-0.4, -0.2) is 9.13 Å². The van der Waals surface area contributed by atoms with E-state index in [0.717, 1.165) is 25.7 Å². The maximum Gasteiger partial charge on any atom is 0.0541 e. The number of fused-ring (bicyclic) bond motifs is 6. The topological polar surface area (TPSA) is 9.86 Å². The van der Waals surface area contributed by atoms with E-state index in [1.54, 1.807) is 0 Å². The Kier molecular flexibility index (Phi) is 7.13. The highest BCUT2D eigenvalue weighted by Gasteiger charge is 2.12. The number of para-hydroxylation sites is 4. The molecule has 0 aliphatic rings. The minimum absolute atomic E-state index is 1.03. The second-order valence-electron chi connectivity index (χ2n) is 12.9. The molecule has 48 heavy (non-hydrogen) atoms. The molecular formula is C46H36N2. The largest absolute Gasteiger partial charge is 0.309 e. The summed E-state index contributed by atoms with van der Waals surface area (Å²) in [5.74, 6) is 0. The van der Waals surface area contributed by atoms with Gasteiger partial charge in [-0.25, -0.2) is 0 Å². The van der Waals surface area contributed by atoms with Gasteiger partial charge in [0.1, 0.15) is 0 Å². The Labute approximate surface area is 281 Å². The highest BCUT2D eigenvalue weighted by atomic mass is 15.0. The normalized spacial score (nSPS) is 11.7. The average molecular weight is 617 g/mol. The highest BCUT2D eigenvalue weighted by molar-refractivity contribution is 6.10. The third-order valence-corrected chi connectivity index (χ3v) is 9.98. The molecule has 2 aromatic heterocycles. The van der Waals surface area contributed by atoms with Gasteiger partial charge in [0.15, 0.2) is 0 Å². The number of hydrogen-bond acceptors (Lipinski definition) is 0. The van der Waals surface area contributed by atoms with E-state index in [1.165, 1.54) is 77.2 Å². The predicted molar refractivity (Wildman–Crippen MR) is 203 cm³/mol. The fourth-order valence-corrected chi connectivity index (χ4v) is 7.47. The van der Waals surface area contributed by atoms with Crippen LogP contribution >= 0.6 is 0 Å². The molecule has 0 fully saturated rings. The van der Waals surface area contributed by atoms with E-state index in [0.29, 0.717) is 0 Å². The van der Waals surface area contributed by atoms with E-state index in [9.17, 15) is 0 Å². The quantitative estimate of drug-likeness (QED) is 0.161. The molecule has 9 aromatic rings. The summed E-state index contributed by atoms with van der Waals surface area (Å²) in [4.78, 5) is 0. The first-order valence-corrected chi connectivity index (χ1v) is 17.0. The first kappa shape index (κ1) is 28.4. The van der Waals surface area contributed by atoms with Crippen LogP contribution in [0, 0.1) is 0 Å². The van der Waals surface area contributed by atoms with Gasteiger partial charge in [0.25, 0.3) is 0 Å². The molecule has 2 heterocycles. The minimum atomic E-state index is 1.03. The molecule has 230 valence electrons. The summed E-state index contributed by atoms with van der Waals surface area (Å²) in [6, 6.07) is 62.3. The molecular weight excluding hydrogens is 581 g/mol. The molecule has 0 amide bonds. The van der Waals surface area contributed by atoms with Crippen LogP contribution in [0.15, 0.2) is 170 Å². The van der Waals surface area contributed by atoms with Gasteiger partial charge in [-0.1, -0.05) is 121 Å². The van der Waals surface area contributed by atoms with Gasteiger partial charge in [0.2, 0.25) is 0 Å². The summed E-state index contributed by atoms with van der Waals surface area (Å²) >= 11 is 0. The summed E-state index contributed by atoms with van der Waals surface area (Å²) in [7, 11) is 0. The zero-order chi connectivity index (χ0) is 31.9. The minimum Gasteiger partial charge on any atom is -0.309 e. The van der Waals surface area contributed by atoms with E-state index >= 15 is 0 Å². The van der Waals surface area contributed by atoms with Crippen molar-refractivity contribution in [1.82, 2.24) is 9.13 Å². The molecule has 0 aliphatic heterocycles. The summed E-state index contributed by atoms with van der Waals surface area (Å²) in [6.07, 6.45) is 4.15. The van der Waals surface area contributed by atoms with Gasteiger partial charge in [-0.2, -0.15) is 0 Å². The predicted octanol–water partition coefficient (Wildman–Crippen LogP) is 11.5. The fourth-order valence-electron chi connectivity index (χ4n) is 7.47. The van der Waals surface area contributed by atoms with Crippen LogP contribution in [0.5, 0.6) is 0 Å². The van der Waals surface area contributed by atoms with Crippen molar-refractivity contribution in [3.63, 3.8) is 0 Å². The number of aromatic nitrogens is 2. The summed E-state index contributed by atoms with van der Waals surface area (Å²) in [5.41, 5.74) is 12.9. The molecule has 0 N–H and O–H groups in total. The Morgan fingerprint density at radius 3 is 0.750 bits per heavy atom. The Morgan fingerprint density at radius 1 is 0.250 bits per heavy atom. The van der Waals surface area contributed by atoms with Crippen LogP contribution < -0.4 is 0 Å². The lowest BCUT2D eigenvalue weighted by molar-refractivity contribution is 0.938. The smallest absolute Gasteiger partial charge is 0.0541 e. The van der Waals surface area contributed by atoms with Gasteiger partial charge in [-0.05, 0) is 96.5 Å². The van der Waals surface area contributed by atoms with Crippen molar-refractivity contribution in [3.8, 4) is 11.4 Å². The van der Waals surface area contributed by atoms with Gasteiger partial charge in [0.05, 0.1) is 22.1 Å². The monoisotopic (exact) mass is 616 g/mol. The molecule has 2 nitrogen and oxygen atoms in total. The molecule has 0 saturated heterocycles. The summed E-state index contributed by atoms with van der Waals surface area (Å²) < 4.78 is 4.76. The molecule has 7 aromatic carbocycles. The van der Waals surface area contributed by atoms with Gasteiger partial charge in [0, 0.05) is 32.9 Å². The van der Waals surface area contributed by atoms with Crippen LogP contribution in [0.25, 0.3) is 55.0 Å². The number of aryl methyl sites for hydroxylation is 4. The summed E-state index contributed by atoms with van der Waals surface area (Å²) in [6.45, 7) is 0. The van der Waals surface area contributed by atoms with Crippen LogP contribution in [0.3, 0.4) is 0 Å². The standard InChI is InChI=1S/C46H36N2/c1-5-13-43-39(9-1)40-10-2-6-14-44(40)47(43)37-29-25-35(26-30-37)23-21-33-17-19-34(20-18-33)22-24-36-27-31-38(32-28-36)48-45-15-7-3-11-41(45)42-12-4-8-16-46(42)48/h1-20,25-32H,21-24H2. The van der Waals surface area contributed by atoms with Crippen molar-refractivity contribution in [2.45, 2.75) is 25.7 Å². The van der Waals surface area contributed by atoms with Gasteiger partial charge < -0.3 is 9.13 Å². The van der Waals surface area contributed by atoms with E-state index in [-0.39, 0.29) is 0 Å². The van der Waals surface area contributed by atoms with Crippen LogP contribution in [-0.2, 0) is 25.7 Å². The van der Waals surface area contributed by atoms with Gasteiger partial charge >= 0.3 is 0 Å². The number of benzene rings is 7. The Hall–Kier alpha value is -5.86. The molecule has 0 aliphatic carbocycles. The van der Waals surface area contributed by atoms with Crippen LogP contribution in [0.4, 0.5) is 0 Å².